The highest BCUT2D eigenvalue weighted by Gasteiger charge is 2.25. The van der Waals surface area contributed by atoms with Crippen molar-refractivity contribution in [1.29, 1.82) is 0 Å². The van der Waals surface area contributed by atoms with Gasteiger partial charge < -0.3 is 20.6 Å². The molecule has 0 aliphatic heterocycles. The van der Waals surface area contributed by atoms with Crippen molar-refractivity contribution in [3.63, 3.8) is 0 Å². The molecule has 1 aromatic rings. The fourth-order valence-electron chi connectivity index (χ4n) is 2.55. The van der Waals surface area contributed by atoms with Crippen molar-refractivity contribution in [2.45, 2.75) is 38.8 Å². The van der Waals surface area contributed by atoms with Crippen LogP contribution in [0.5, 0.6) is 0 Å². The Kier molecular flexibility index (Phi) is 8.78. The molecule has 3 atom stereocenters. The first kappa shape index (κ1) is 21.6. The normalized spacial score (nSPS) is 14.0. The quantitative estimate of drug-likeness (QED) is 0.606. The molecule has 26 heavy (non-hydrogen) atoms. The van der Waals surface area contributed by atoms with Gasteiger partial charge in [-0.2, -0.15) is 0 Å². The van der Waals surface area contributed by atoms with Gasteiger partial charge in [-0.15, -0.1) is 0 Å². The van der Waals surface area contributed by atoms with E-state index in [4.69, 9.17) is 0 Å². The van der Waals surface area contributed by atoms with Crippen LogP contribution in [0.25, 0.3) is 0 Å². The fourth-order valence-corrected chi connectivity index (χ4v) is 2.55. The van der Waals surface area contributed by atoms with Crippen LogP contribution < -0.4 is 10.6 Å². The smallest absolute Gasteiger partial charge is 0.249 e. The van der Waals surface area contributed by atoms with E-state index in [2.05, 4.69) is 10.6 Å². The summed E-state index contributed by atoms with van der Waals surface area (Å²) in [5, 5.41) is 15.0. The van der Waals surface area contributed by atoms with Crippen molar-refractivity contribution in [2.24, 2.45) is 5.92 Å². The number of aliphatic hydroxyl groups excluding tert-OH is 1. The Bertz CT molecular complexity index is 604. The lowest BCUT2D eigenvalue weighted by molar-refractivity contribution is -0.136. The van der Waals surface area contributed by atoms with Crippen LogP contribution in [0, 0.1) is 5.92 Å². The topological polar surface area (TPSA) is 98.7 Å². The van der Waals surface area contributed by atoms with E-state index in [1.54, 1.807) is 45.3 Å². The molecule has 0 saturated heterocycles. The average molecular weight is 363 g/mol. The monoisotopic (exact) mass is 363 g/mol. The SMILES string of the molecule is CCCC(C)C(O)C(=O)NCC(=O)NC(C(=O)N(C)C)c1ccccc1. The molecular formula is C19H29N3O4. The summed E-state index contributed by atoms with van der Waals surface area (Å²) in [5.41, 5.74) is 0.655. The van der Waals surface area contributed by atoms with Gasteiger partial charge in [0.25, 0.3) is 0 Å². The number of aliphatic hydroxyl groups is 1. The van der Waals surface area contributed by atoms with Gasteiger partial charge in [-0.25, -0.2) is 0 Å². The number of benzene rings is 1. The van der Waals surface area contributed by atoms with Crippen LogP contribution in [0.1, 0.15) is 38.3 Å². The van der Waals surface area contributed by atoms with Gasteiger partial charge in [0.15, 0.2) is 0 Å². The predicted octanol–water partition coefficient (Wildman–Crippen LogP) is 0.845. The molecule has 0 heterocycles. The van der Waals surface area contributed by atoms with Gasteiger partial charge in [-0.05, 0) is 17.9 Å². The summed E-state index contributed by atoms with van der Waals surface area (Å²) in [5.74, 6) is -1.54. The standard InChI is InChI=1S/C19H29N3O4/c1-5-9-13(2)17(24)18(25)20-12-15(23)21-16(19(26)22(3)4)14-10-7-6-8-11-14/h6-8,10-11,13,16-17,24H,5,9,12H2,1-4H3,(H,20,25)(H,21,23). The molecule has 0 bridgehead atoms. The summed E-state index contributed by atoms with van der Waals surface area (Å²) in [4.78, 5) is 37.9. The van der Waals surface area contributed by atoms with E-state index in [0.29, 0.717) is 12.0 Å². The Balaban J connectivity index is 2.67. The third kappa shape index (κ3) is 6.48. The summed E-state index contributed by atoms with van der Waals surface area (Å²) in [6, 6.07) is 8.05. The molecular weight excluding hydrogens is 334 g/mol. The first-order valence-electron chi connectivity index (χ1n) is 8.79. The first-order chi connectivity index (χ1) is 12.3. The second kappa shape index (κ2) is 10.6. The van der Waals surface area contributed by atoms with Crippen LogP contribution in [0.3, 0.4) is 0 Å². The third-order valence-corrected chi connectivity index (χ3v) is 4.10. The Labute approximate surface area is 154 Å². The minimum absolute atomic E-state index is 0.185. The molecule has 3 amide bonds. The summed E-state index contributed by atoms with van der Waals surface area (Å²) in [6.45, 7) is 3.45. The molecule has 7 nitrogen and oxygen atoms in total. The number of nitrogens with zero attached hydrogens (tertiary/aromatic N) is 1. The lowest BCUT2D eigenvalue weighted by Crippen LogP contribution is -2.46. The third-order valence-electron chi connectivity index (χ3n) is 4.10. The van der Waals surface area contributed by atoms with E-state index in [-0.39, 0.29) is 18.4 Å². The van der Waals surface area contributed by atoms with Gasteiger partial charge in [0.05, 0.1) is 6.54 Å². The van der Waals surface area contributed by atoms with Crippen LogP contribution in [0.2, 0.25) is 0 Å². The number of likely N-dealkylation sites (N-methyl/N-ethyl adjacent to an activating group) is 1. The minimum Gasteiger partial charge on any atom is -0.383 e. The number of hydrogen-bond donors (Lipinski definition) is 3. The highest BCUT2D eigenvalue weighted by atomic mass is 16.3. The molecule has 1 rings (SSSR count). The van der Waals surface area contributed by atoms with Crippen LogP contribution in [0.15, 0.2) is 30.3 Å². The van der Waals surface area contributed by atoms with Crippen molar-refractivity contribution in [1.82, 2.24) is 15.5 Å². The predicted molar refractivity (Wildman–Crippen MR) is 99.1 cm³/mol. The van der Waals surface area contributed by atoms with Crippen molar-refractivity contribution < 1.29 is 19.5 Å². The van der Waals surface area contributed by atoms with Crippen LogP contribution in [-0.2, 0) is 14.4 Å². The maximum absolute atomic E-state index is 12.4. The van der Waals surface area contributed by atoms with E-state index in [1.807, 2.05) is 13.0 Å². The van der Waals surface area contributed by atoms with Gasteiger partial charge in [-0.3, -0.25) is 14.4 Å². The number of nitrogens with one attached hydrogen (secondary N) is 2. The van der Waals surface area contributed by atoms with E-state index < -0.39 is 24.0 Å². The average Bonchev–Trinajstić information content (AvgIpc) is 2.63. The minimum atomic E-state index is -1.16. The van der Waals surface area contributed by atoms with E-state index >= 15 is 0 Å². The lowest BCUT2D eigenvalue weighted by Gasteiger charge is -2.22. The van der Waals surface area contributed by atoms with Crippen molar-refractivity contribution in [3.8, 4) is 0 Å². The number of rotatable bonds is 9. The zero-order valence-corrected chi connectivity index (χ0v) is 15.9. The molecule has 0 aromatic heterocycles. The second-order valence-electron chi connectivity index (χ2n) is 6.57. The highest BCUT2D eigenvalue weighted by molar-refractivity contribution is 5.91. The lowest BCUT2D eigenvalue weighted by atomic mass is 9.99. The number of carbonyl (C=O) groups is 3. The fraction of sp³-hybridized carbons (Fsp3) is 0.526. The van der Waals surface area contributed by atoms with Crippen LogP contribution >= 0.6 is 0 Å². The van der Waals surface area contributed by atoms with Crippen molar-refractivity contribution >= 4 is 17.7 Å². The number of amides is 3. The zero-order chi connectivity index (χ0) is 19.7. The van der Waals surface area contributed by atoms with Gasteiger partial charge in [0.1, 0.15) is 12.1 Å². The summed E-state index contributed by atoms with van der Waals surface area (Å²) in [7, 11) is 3.22. The van der Waals surface area contributed by atoms with Crippen LogP contribution in [-0.4, -0.2) is 54.5 Å². The van der Waals surface area contributed by atoms with E-state index in [0.717, 1.165) is 6.42 Å². The van der Waals surface area contributed by atoms with Gasteiger partial charge in [0, 0.05) is 14.1 Å². The molecule has 0 aliphatic carbocycles. The molecule has 144 valence electrons. The van der Waals surface area contributed by atoms with Gasteiger partial charge in [-0.1, -0.05) is 50.6 Å². The van der Waals surface area contributed by atoms with Crippen molar-refractivity contribution in [2.75, 3.05) is 20.6 Å². The molecule has 0 saturated carbocycles. The van der Waals surface area contributed by atoms with Gasteiger partial charge >= 0.3 is 0 Å². The molecule has 0 fully saturated rings. The molecule has 0 spiro atoms. The largest absolute Gasteiger partial charge is 0.383 e. The Morgan fingerprint density at radius 1 is 1.15 bits per heavy atom. The Morgan fingerprint density at radius 3 is 2.31 bits per heavy atom. The molecule has 3 unspecified atom stereocenters. The Hall–Kier alpha value is -2.41. The summed E-state index contributed by atoms with van der Waals surface area (Å²) >= 11 is 0. The molecule has 7 heteroatoms. The summed E-state index contributed by atoms with van der Waals surface area (Å²) < 4.78 is 0. The maximum atomic E-state index is 12.4. The van der Waals surface area contributed by atoms with E-state index in [1.165, 1.54) is 4.90 Å². The Morgan fingerprint density at radius 2 is 1.77 bits per heavy atom. The van der Waals surface area contributed by atoms with Gasteiger partial charge in [0.2, 0.25) is 17.7 Å². The highest BCUT2D eigenvalue weighted by Crippen LogP contribution is 2.14. The first-order valence-corrected chi connectivity index (χ1v) is 8.79. The number of carbonyl (C=O) groups excluding carboxylic acids is 3. The van der Waals surface area contributed by atoms with E-state index in [9.17, 15) is 19.5 Å². The maximum Gasteiger partial charge on any atom is 0.249 e. The molecule has 3 N–H and O–H groups in total. The number of hydrogen-bond acceptors (Lipinski definition) is 4. The molecule has 1 aromatic carbocycles. The van der Waals surface area contributed by atoms with Crippen LogP contribution in [0.4, 0.5) is 0 Å². The molecule has 0 radical (unpaired) electrons. The summed E-state index contributed by atoms with van der Waals surface area (Å²) in [6.07, 6.45) is 0.419. The zero-order valence-electron chi connectivity index (χ0n) is 15.9. The second-order valence-corrected chi connectivity index (χ2v) is 6.57. The van der Waals surface area contributed by atoms with Crippen molar-refractivity contribution in [3.05, 3.63) is 35.9 Å². The molecule has 0 aliphatic rings.